The van der Waals surface area contributed by atoms with Crippen molar-refractivity contribution in [2.24, 2.45) is 0 Å². The van der Waals surface area contributed by atoms with E-state index < -0.39 is 11.6 Å². The molecule has 1 fully saturated rings. The summed E-state index contributed by atoms with van der Waals surface area (Å²) in [4.78, 5) is 35.0. The standard InChI is InChI=1S/C22H28N4O4/c1-22(2,3)30-21(28)26-12-10-16(11-13-26)23-18-14-17(20(27)29-4)24-19(25-18)15-8-6-5-7-9-15/h5-9,14,16H,10-13H2,1-4H3,(H,23,24,25). The number of carbonyl (C=O) groups excluding carboxylic acids is 2. The molecule has 1 aliphatic rings. The zero-order valence-corrected chi connectivity index (χ0v) is 17.8. The number of carbonyl (C=O) groups is 2. The summed E-state index contributed by atoms with van der Waals surface area (Å²) in [5.74, 6) is 0.490. The number of nitrogens with one attached hydrogen (secondary N) is 1. The second kappa shape index (κ2) is 9.11. The van der Waals surface area contributed by atoms with Gasteiger partial charge in [0, 0.05) is 30.8 Å². The fourth-order valence-corrected chi connectivity index (χ4v) is 3.19. The van der Waals surface area contributed by atoms with Crippen molar-refractivity contribution in [2.75, 3.05) is 25.5 Å². The number of methoxy groups -OCH3 is 1. The fraction of sp³-hybridized carbons (Fsp3) is 0.455. The van der Waals surface area contributed by atoms with Crippen LogP contribution in [0.15, 0.2) is 36.4 Å². The highest BCUT2D eigenvalue weighted by atomic mass is 16.6. The van der Waals surface area contributed by atoms with Crippen molar-refractivity contribution in [3.63, 3.8) is 0 Å². The van der Waals surface area contributed by atoms with Gasteiger partial charge in [-0.25, -0.2) is 19.6 Å². The minimum Gasteiger partial charge on any atom is -0.464 e. The molecule has 0 unspecified atom stereocenters. The first kappa shape index (κ1) is 21.5. The van der Waals surface area contributed by atoms with Gasteiger partial charge in [-0.15, -0.1) is 0 Å². The molecule has 2 aromatic rings. The molecule has 2 heterocycles. The number of nitrogens with zero attached hydrogens (tertiary/aromatic N) is 3. The summed E-state index contributed by atoms with van der Waals surface area (Å²) in [5.41, 5.74) is 0.497. The number of hydrogen-bond donors (Lipinski definition) is 1. The lowest BCUT2D eigenvalue weighted by molar-refractivity contribution is 0.0210. The van der Waals surface area contributed by atoms with Gasteiger partial charge in [-0.3, -0.25) is 0 Å². The van der Waals surface area contributed by atoms with Crippen LogP contribution in [0, 0.1) is 0 Å². The number of benzene rings is 1. The molecule has 1 aliphatic heterocycles. The Balaban J connectivity index is 1.71. The van der Waals surface area contributed by atoms with E-state index in [1.54, 1.807) is 11.0 Å². The number of piperidine rings is 1. The number of aromatic nitrogens is 2. The molecule has 1 amide bonds. The monoisotopic (exact) mass is 412 g/mol. The van der Waals surface area contributed by atoms with Crippen molar-refractivity contribution >= 4 is 17.9 Å². The SMILES string of the molecule is COC(=O)c1cc(NC2CCN(C(=O)OC(C)(C)C)CC2)nc(-c2ccccc2)n1. The predicted octanol–water partition coefficient (Wildman–Crippen LogP) is 3.74. The first-order chi connectivity index (χ1) is 14.2. The van der Waals surface area contributed by atoms with Gasteiger partial charge in [0.2, 0.25) is 0 Å². The number of hydrogen-bond acceptors (Lipinski definition) is 7. The van der Waals surface area contributed by atoms with Crippen LogP contribution in [-0.4, -0.2) is 58.8 Å². The molecule has 1 N–H and O–H groups in total. The minimum atomic E-state index is -0.516. The second-order valence-electron chi connectivity index (χ2n) is 8.21. The largest absolute Gasteiger partial charge is 0.464 e. The number of amides is 1. The van der Waals surface area contributed by atoms with E-state index in [1.165, 1.54) is 7.11 Å². The molecule has 0 spiro atoms. The zero-order chi connectivity index (χ0) is 21.7. The third kappa shape index (κ3) is 5.68. The summed E-state index contributed by atoms with van der Waals surface area (Å²) in [6.07, 6.45) is 1.21. The van der Waals surface area contributed by atoms with Crippen LogP contribution in [0.3, 0.4) is 0 Å². The average molecular weight is 412 g/mol. The van der Waals surface area contributed by atoms with Crippen LogP contribution in [0.2, 0.25) is 0 Å². The van der Waals surface area contributed by atoms with Gasteiger partial charge in [-0.05, 0) is 33.6 Å². The van der Waals surface area contributed by atoms with Gasteiger partial charge in [-0.2, -0.15) is 0 Å². The lowest BCUT2D eigenvalue weighted by Crippen LogP contribution is -2.44. The molecule has 1 aromatic heterocycles. The predicted molar refractivity (Wildman–Crippen MR) is 113 cm³/mol. The van der Waals surface area contributed by atoms with Crippen molar-refractivity contribution in [1.82, 2.24) is 14.9 Å². The highest BCUT2D eigenvalue weighted by Crippen LogP contribution is 2.22. The number of anilines is 1. The first-order valence-electron chi connectivity index (χ1n) is 10.0. The second-order valence-corrected chi connectivity index (χ2v) is 8.21. The Kier molecular flexibility index (Phi) is 6.54. The molecule has 8 heteroatoms. The van der Waals surface area contributed by atoms with Gasteiger partial charge in [0.15, 0.2) is 11.5 Å². The molecule has 0 bridgehead atoms. The molecular formula is C22H28N4O4. The molecular weight excluding hydrogens is 384 g/mol. The van der Waals surface area contributed by atoms with E-state index in [0.29, 0.717) is 24.7 Å². The summed E-state index contributed by atoms with van der Waals surface area (Å²) in [6.45, 7) is 6.76. The molecule has 0 aliphatic carbocycles. The van der Waals surface area contributed by atoms with Crippen molar-refractivity contribution in [3.05, 3.63) is 42.1 Å². The van der Waals surface area contributed by atoms with E-state index in [0.717, 1.165) is 18.4 Å². The van der Waals surface area contributed by atoms with Crippen LogP contribution < -0.4 is 5.32 Å². The van der Waals surface area contributed by atoms with Crippen LogP contribution in [0.25, 0.3) is 11.4 Å². The van der Waals surface area contributed by atoms with Crippen molar-refractivity contribution < 1.29 is 19.1 Å². The molecule has 0 saturated carbocycles. The first-order valence-corrected chi connectivity index (χ1v) is 10.0. The Hall–Kier alpha value is -3.16. The third-order valence-corrected chi connectivity index (χ3v) is 4.65. The molecule has 30 heavy (non-hydrogen) atoms. The Labute approximate surface area is 176 Å². The Morgan fingerprint density at radius 2 is 1.77 bits per heavy atom. The lowest BCUT2D eigenvalue weighted by atomic mass is 10.1. The van der Waals surface area contributed by atoms with Crippen molar-refractivity contribution in [3.8, 4) is 11.4 Å². The van der Waals surface area contributed by atoms with Crippen LogP contribution in [0.4, 0.5) is 10.6 Å². The Morgan fingerprint density at radius 1 is 1.10 bits per heavy atom. The molecule has 8 nitrogen and oxygen atoms in total. The molecule has 0 radical (unpaired) electrons. The molecule has 1 saturated heterocycles. The highest BCUT2D eigenvalue weighted by molar-refractivity contribution is 5.88. The highest BCUT2D eigenvalue weighted by Gasteiger charge is 2.27. The summed E-state index contributed by atoms with van der Waals surface area (Å²) < 4.78 is 10.3. The number of likely N-dealkylation sites (tertiary alicyclic amines) is 1. The van der Waals surface area contributed by atoms with Gasteiger partial charge < -0.3 is 19.7 Å². The molecule has 3 rings (SSSR count). The quantitative estimate of drug-likeness (QED) is 0.765. The number of esters is 1. The number of ether oxygens (including phenoxy) is 2. The smallest absolute Gasteiger partial charge is 0.410 e. The Morgan fingerprint density at radius 3 is 2.37 bits per heavy atom. The lowest BCUT2D eigenvalue weighted by Gasteiger charge is -2.34. The topological polar surface area (TPSA) is 93.7 Å². The van der Waals surface area contributed by atoms with E-state index in [4.69, 9.17) is 9.47 Å². The van der Waals surface area contributed by atoms with E-state index in [-0.39, 0.29) is 17.8 Å². The van der Waals surface area contributed by atoms with E-state index in [2.05, 4.69) is 15.3 Å². The molecule has 160 valence electrons. The van der Waals surface area contributed by atoms with Crippen LogP contribution in [0.1, 0.15) is 44.1 Å². The maximum absolute atomic E-state index is 12.2. The fourth-order valence-electron chi connectivity index (χ4n) is 3.19. The van der Waals surface area contributed by atoms with Gasteiger partial charge in [0.25, 0.3) is 0 Å². The summed E-state index contributed by atoms with van der Waals surface area (Å²) in [5, 5.41) is 3.38. The summed E-state index contributed by atoms with van der Waals surface area (Å²) in [6, 6.07) is 11.2. The number of rotatable bonds is 4. The van der Waals surface area contributed by atoms with Crippen molar-refractivity contribution in [2.45, 2.75) is 45.3 Å². The normalized spacial score (nSPS) is 14.9. The minimum absolute atomic E-state index is 0.118. The van der Waals surface area contributed by atoms with Crippen LogP contribution in [-0.2, 0) is 9.47 Å². The van der Waals surface area contributed by atoms with Crippen LogP contribution in [0.5, 0.6) is 0 Å². The van der Waals surface area contributed by atoms with E-state index >= 15 is 0 Å². The molecule has 0 atom stereocenters. The summed E-state index contributed by atoms with van der Waals surface area (Å²) in [7, 11) is 1.33. The maximum atomic E-state index is 12.2. The van der Waals surface area contributed by atoms with Gasteiger partial charge in [0.1, 0.15) is 11.4 Å². The van der Waals surface area contributed by atoms with Gasteiger partial charge in [0.05, 0.1) is 7.11 Å². The van der Waals surface area contributed by atoms with Gasteiger partial charge in [-0.1, -0.05) is 30.3 Å². The molecule has 1 aromatic carbocycles. The van der Waals surface area contributed by atoms with Gasteiger partial charge >= 0.3 is 12.1 Å². The Bertz CT molecular complexity index is 888. The van der Waals surface area contributed by atoms with E-state index in [9.17, 15) is 9.59 Å². The average Bonchev–Trinajstić information content (AvgIpc) is 2.73. The van der Waals surface area contributed by atoms with Crippen LogP contribution >= 0.6 is 0 Å². The van der Waals surface area contributed by atoms with E-state index in [1.807, 2.05) is 51.1 Å². The third-order valence-electron chi connectivity index (χ3n) is 4.65. The summed E-state index contributed by atoms with van der Waals surface area (Å²) >= 11 is 0. The zero-order valence-electron chi connectivity index (χ0n) is 17.8. The maximum Gasteiger partial charge on any atom is 0.410 e. The van der Waals surface area contributed by atoms with Crippen molar-refractivity contribution in [1.29, 1.82) is 0 Å².